The van der Waals surface area contributed by atoms with Gasteiger partial charge in [0, 0.05) is 19.1 Å². The van der Waals surface area contributed by atoms with Gasteiger partial charge in [-0.25, -0.2) is 4.79 Å². The quantitative estimate of drug-likeness (QED) is 0.640. The number of hydrogen-bond donors (Lipinski definition) is 1. The van der Waals surface area contributed by atoms with Crippen LogP contribution in [0.25, 0.3) is 0 Å². The largest absolute Gasteiger partial charge is 0.450 e. The Bertz CT molecular complexity index is 506. The predicted octanol–water partition coefficient (Wildman–Crippen LogP) is 2.51. The Balaban J connectivity index is 1.87. The van der Waals surface area contributed by atoms with Gasteiger partial charge in [-0.1, -0.05) is 6.42 Å². The van der Waals surface area contributed by atoms with Gasteiger partial charge in [0.25, 0.3) is 5.91 Å². The molecular weight excluding hydrogens is 294 g/mol. The van der Waals surface area contributed by atoms with E-state index in [2.05, 4.69) is 11.4 Å². The molecule has 0 aromatic rings. The van der Waals surface area contributed by atoms with Crippen LogP contribution in [0.1, 0.15) is 51.9 Å². The van der Waals surface area contributed by atoms with E-state index in [1.165, 1.54) is 6.42 Å². The van der Waals surface area contributed by atoms with Crippen LogP contribution < -0.4 is 5.32 Å². The van der Waals surface area contributed by atoms with E-state index in [0.717, 1.165) is 31.3 Å². The molecule has 23 heavy (non-hydrogen) atoms. The third-order valence-corrected chi connectivity index (χ3v) is 4.51. The zero-order chi connectivity index (χ0) is 16.7. The van der Waals surface area contributed by atoms with Gasteiger partial charge in [-0.05, 0) is 51.0 Å². The molecule has 0 aromatic carbocycles. The number of rotatable bonds is 3. The van der Waals surface area contributed by atoms with E-state index in [1.54, 1.807) is 11.8 Å². The van der Waals surface area contributed by atoms with Crippen molar-refractivity contribution in [2.24, 2.45) is 0 Å². The van der Waals surface area contributed by atoms with Gasteiger partial charge < -0.3 is 15.0 Å². The maximum absolute atomic E-state index is 12.4. The van der Waals surface area contributed by atoms with Crippen LogP contribution >= 0.6 is 0 Å². The molecule has 2 fully saturated rings. The SMILES string of the molecule is CCOC(=O)N1CCC(NC(=O)C(C#N)=C2CCCCC2)CC1. The van der Waals surface area contributed by atoms with Crippen LogP contribution in [-0.4, -0.2) is 42.6 Å². The maximum Gasteiger partial charge on any atom is 0.409 e. The molecule has 0 radical (unpaired) electrons. The van der Waals surface area contributed by atoms with Crippen molar-refractivity contribution in [3.8, 4) is 6.07 Å². The number of amides is 2. The van der Waals surface area contributed by atoms with Gasteiger partial charge in [0.05, 0.1) is 6.61 Å². The van der Waals surface area contributed by atoms with Crippen LogP contribution in [0.4, 0.5) is 4.79 Å². The highest BCUT2D eigenvalue weighted by atomic mass is 16.6. The zero-order valence-corrected chi connectivity index (χ0v) is 13.8. The van der Waals surface area contributed by atoms with E-state index in [-0.39, 0.29) is 18.0 Å². The van der Waals surface area contributed by atoms with Crippen LogP contribution in [0.3, 0.4) is 0 Å². The molecule has 1 heterocycles. The fraction of sp³-hybridized carbons (Fsp3) is 0.706. The van der Waals surface area contributed by atoms with Gasteiger partial charge >= 0.3 is 6.09 Å². The molecule has 0 aromatic heterocycles. The van der Waals surface area contributed by atoms with Crippen LogP contribution in [0.2, 0.25) is 0 Å². The van der Waals surface area contributed by atoms with Gasteiger partial charge in [-0.2, -0.15) is 5.26 Å². The molecule has 2 rings (SSSR count). The lowest BCUT2D eigenvalue weighted by Gasteiger charge is -2.31. The summed E-state index contributed by atoms with van der Waals surface area (Å²) in [6, 6.07) is 2.10. The molecule has 6 heteroatoms. The topological polar surface area (TPSA) is 82.4 Å². The van der Waals surface area contributed by atoms with Crippen molar-refractivity contribution in [1.29, 1.82) is 5.26 Å². The number of piperidine rings is 1. The lowest BCUT2D eigenvalue weighted by Crippen LogP contribution is -2.47. The standard InChI is InChI=1S/C17H25N3O3/c1-2-23-17(22)20-10-8-14(9-11-20)19-16(21)15(12-18)13-6-4-3-5-7-13/h14H,2-11H2,1H3,(H,19,21). The number of nitriles is 1. The van der Waals surface area contributed by atoms with E-state index < -0.39 is 0 Å². The molecule has 1 saturated carbocycles. The minimum absolute atomic E-state index is 0.0146. The number of carbonyl (C=O) groups is 2. The van der Waals surface area contributed by atoms with E-state index in [4.69, 9.17) is 4.74 Å². The third-order valence-electron chi connectivity index (χ3n) is 4.51. The summed E-state index contributed by atoms with van der Waals surface area (Å²) < 4.78 is 4.98. The Kier molecular flexibility index (Phi) is 6.45. The van der Waals surface area contributed by atoms with Gasteiger partial charge in [0.2, 0.25) is 0 Å². The number of hydrogen-bond acceptors (Lipinski definition) is 4. The first kappa shape index (κ1) is 17.3. The highest BCUT2D eigenvalue weighted by Crippen LogP contribution is 2.26. The van der Waals surface area contributed by atoms with Gasteiger partial charge in [0.15, 0.2) is 0 Å². The first-order valence-electron chi connectivity index (χ1n) is 8.50. The number of nitrogens with zero attached hydrogens (tertiary/aromatic N) is 2. The average Bonchev–Trinajstić information content (AvgIpc) is 2.57. The van der Waals surface area contributed by atoms with Crippen molar-refractivity contribution in [2.45, 2.75) is 57.9 Å². The van der Waals surface area contributed by atoms with Crippen molar-refractivity contribution in [2.75, 3.05) is 19.7 Å². The smallest absolute Gasteiger partial charge is 0.409 e. The summed E-state index contributed by atoms with van der Waals surface area (Å²) in [7, 11) is 0. The number of allylic oxidation sites excluding steroid dienone is 1. The summed E-state index contributed by atoms with van der Waals surface area (Å²) in [5.74, 6) is -0.251. The van der Waals surface area contributed by atoms with Crippen LogP contribution in [0.15, 0.2) is 11.1 Å². The third kappa shape index (κ3) is 4.72. The summed E-state index contributed by atoms with van der Waals surface area (Å²) in [4.78, 5) is 25.7. The Labute approximate surface area is 137 Å². The summed E-state index contributed by atoms with van der Waals surface area (Å²) in [6.07, 6.45) is 6.11. The van der Waals surface area contributed by atoms with Crippen molar-refractivity contribution < 1.29 is 14.3 Å². The first-order chi connectivity index (χ1) is 11.2. The maximum atomic E-state index is 12.4. The molecule has 1 N–H and O–H groups in total. The normalized spacial score (nSPS) is 19.0. The van der Waals surface area contributed by atoms with Crippen LogP contribution in [-0.2, 0) is 9.53 Å². The number of likely N-dealkylation sites (tertiary alicyclic amines) is 1. The molecule has 1 aliphatic heterocycles. The molecule has 0 bridgehead atoms. The molecule has 126 valence electrons. The average molecular weight is 319 g/mol. The van der Waals surface area contributed by atoms with E-state index in [0.29, 0.717) is 38.1 Å². The second kappa shape index (κ2) is 8.56. The minimum Gasteiger partial charge on any atom is -0.450 e. The summed E-state index contributed by atoms with van der Waals surface area (Å²) >= 11 is 0. The Morgan fingerprint density at radius 3 is 2.48 bits per heavy atom. The highest BCUT2D eigenvalue weighted by Gasteiger charge is 2.26. The second-order valence-electron chi connectivity index (χ2n) is 6.08. The molecule has 2 aliphatic rings. The van der Waals surface area contributed by atoms with Crippen molar-refractivity contribution >= 4 is 12.0 Å². The van der Waals surface area contributed by atoms with Crippen molar-refractivity contribution in [3.05, 3.63) is 11.1 Å². The zero-order valence-electron chi connectivity index (χ0n) is 13.8. The molecule has 2 amide bonds. The second-order valence-corrected chi connectivity index (χ2v) is 6.08. The molecule has 1 saturated heterocycles. The summed E-state index contributed by atoms with van der Waals surface area (Å²) in [6.45, 7) is 3.30. The summed E-state index contributed by atoms with van der Waals surface area (Å²) in [5, 5.41) is 12.3. The lowest BCUT2D eigenvalue weighted by atomic mass is 9.91. The summed E-state index contributed by atoms with van der Waals surface area (Å²) in [5.41, 5.74) is 1.30. The van der Waals surface area contributed by atoms with E-state index in [1.807, 2.05) is 0 Å². The Morgan fingerprint density at radius 2 is 1.91 bits per heavy atom. The predicted molar refractivity (Wildman–Crippen MR) is 85.5 cm³/mol. The first-order valence-corrected chi connectivity index (χ1v) is 8.50. The van der Waals surface area contributed by atoms with Crippen LogP contribution in [0.5, 0.6) is 0 Å². The van der Waals surface area contributed by atoms with Crippen molar-refractivity contribution in [1.82, 2.24) is 10.2 Å². The molecule has 0 unspecified atom stereocenters. The van der Waals surface area contributed by atoms with Crippen molar-refractivity contribution in [3.63, 3.8) is 0 Å². The fourth-order valence-electron chi connectivity index (χ4n) is 3.20. The van der Waals surface area contributed by atoms with E-state index >= 15 is 0 Å². The fourth-order valence-corrected chi connectivity index (χ4v) is 3.20. The van der Waals surface area contributed by atoms with Gasteiger partial charge in [-0.3, -0.25) is 4.79 Å². The van der Waals surface area contributed by atoms with Gasteiger partial charge in [0.1, 0.15) is 11.6 Å². The molecular formula is C17H25N3O3. The monoisotopic (exact) mass is 319 g/mol. The van der Waals surface area contributed by atoms with Crippen LogP contribution in [0, 0.1) is 11.3 Å². The number of nitrogens with one attached hydrogen (secondary N) is 1. The molecule has 1 aliphatic carbocycles. The number of ether oxygens (including phenoxy) is 1. The van der Waals surface area contributed by atoms with E-state index in [9.17, 15) is 14.9 Å². The minimum atomic E-state index is -0.292. The lowest BCUT2D eigenvalue weighted by molar-refractivity contribution is -0.118. The Morgan fingerprint density at radius 1 is 1.26 bits per heavy atom. The molecule has 0 atom stereocenters. The molecule has 0 spiro atoms. The Hall–Kier alpha value is -2.03. The highest BCUT2D eigenvalue weighted by molar-refractivity contribution is 5.98. The number of carbonyl (C=O) groups excluding carboxylic acids is 2. The van der Waals surface area contributed by atoms with Gasteiger partial charge in [-0.15, -0.1) is 0 Å². The molecule has 6 nitrogen and oxygen atoms in total.